The summed E-state index contributed by atoms with van der Waals surface area (Å²) in [5, 5.41) is -0.243. The van der Waals surface area contributed by atoms with Gasteiger partial charge in [0.1, 0.15) is 0 Å². The molecule has 1 aliphatic rings. The third-order valence-electron chi connectivity index (χ3n) is 3.76. The Morgan fingerprint density at radius 1 is 1.38 bits per heavy atom. The molecule has 0 radical (unpaired) electrons. The highest BCUT2D eigenvalue weighted by molar-refractivity contribution is 7.89. The number of nitrogens with two attached hydrogens (primary N) is 1. The maximum absolute atomic E-state index is 12.6. The van der Waals surface area contributed by atoms with Crippen LogP contribution in [0.25, 0.3) is 0 Å². The van der Waals surface area contributed by atoms with Gasteiger partial charge in [0.15, 0.2) is 0 Å². The zero-order valence-electron chi connectivity index (χ0n) is 13.8. The van der Waals surface area contributed by atoms with Gasteiger partial charge in [-0.2, -0.15) is 4.31 Å². The Labute approximate surface area is 141 Å². The molecule has 1 aliphatic heterocycles. The van der Waals surface area contributed by atoms with Gasteiger partial charge in [0.2, 0.25) is 10.9 Å². The summed E-state index contributed by atoms with van der Waals surface area (Å²) in [5.41, 5.74) is 5.42. The number of carbonyl (C=O) groups is 1. The first-order valence-electron chi connectivity index (χ1n) is 8.07. The number of nitrogens with zero attached hydrogens (tertiary/aromatic N) is 1. The minimum atomic E-state index is -3.75. The van der Waals surface area contributed by atoms with Crippen molar-refractivity contribution in [1.29, 1.82) is 0 Å². The summed E-state index contributed by atoms with van der Waals surface area (Å²) in [4.78, 5) is 11.6. The molecule has 1 aromatic heterocycles. The molecule has 24 heavy (non-hydrogen) atoms. The lowest BCUT2D eigenvalue weighted by Gasteiger charge is -2.30. The smallest absolute Gasteiger partial charge is 0.374 e. The highest BCUT2D eigenvalue weighted by Crippen LogP contribution is 2.24. The summed E-state index contributed by atoms with van der Waals surface area (Å²) in [6.45, 7) is 3.73. The number of ether oxygens (including phenoxy) is 2. The predicted octanol–water partition coefficient (Wildman–Crippen LogP) is 0.975. The molecule has 0 aliphatic carbocycles. The van der Waals surface area contributed by atoms with Crippen LogP contribution >= 0.6 is 0 Å². The second kappa shape index (κ2) is 8.61. The van der Waals surface area contributed by atoms with Gasteiger partial charge in [0.25, 0.3) is 10.0 Å². The average molecular weight is 360 g/mol. The lowest BCUT2D eigenvalue weighted by Crippen LogP contribution is -2.40. The summed E-state index contributed by atoms with van der Waals surface area (Å²) in [5.74, 6) is -0.790. The first-order valence-corrected chi connectivity index (χ1v) is 9.51. The normalized spacial score (nSPS) is 17.1. The Morgan fingerprint density at radius 3 is 2.71 bits per heavy atom. The maximum Gasteiger partial charge on any atom is 0.374 e. The summed E-state index contributed by atoms with van der Waals surface area (Å²) in [6.07, 6.45) is 2.08. The molecule has 2 rings (SSSR count). The number of piperidine rings is 1. The molecule has 2 heterocycles. The zero-order chi connectivity index (χ0) is 17.6. The molecule has 2 N–H and O–H groups in total. The maximum atomic E-state index is 12.6. The fraction of sp³-hybridized carbons (Fsp3) is 0.667. The van der Waals surface area contributed by atoms with E-state index in [2.05, 4.69) is 0 Å². The number of hydrogen-bond donors (Lipinski definition) is 1. The molecule has 0 aromatic carbocycles. The molecule has 1 fully saturated rings. The first kappa shape index (κ1) is 18.9. The van der Waals surface area contributed by atoms with Crippen molar-refractivity contribution < 1.29 is 27.1 Å². The minimum Gasteiger partial charge on any atom is -0.460 e. The Morgan fingerprint density at radius 2 is 2.08 bits per heavy atom. The largest absolute Gasteiger partial charge is 0.460 e. The van der Waals surface area contributed by atoms with E-state index < -0.39 is 16.0 Å². The van der Waals surface area contributed by atoms with E-state index in [1.807, 2.05) is 0 Å². The fourth-order valence-electron chi connectivity index (χ4n) is 2.47. The lowest BCUT2D eigenvalue weighted by atomic mass is 10.1. The van der Waals surface area contributed by atoms with Crippen LogP contribution < -0.4 is 5.73 Å². The molecule has 0 saturated carbocycles. The van der Waals surface area contributed by atoms with Crippen molar-refractivity contribution >= 4 is 16.0 Å². The van der Waals surface area contributed by atoms with E-state index in [4.69, 9.17) is 19.6 Å². The van der Waals surface area contributed by atoms with Crippen LogP contribution in [0.3, 0.4) is 0 Å². The van der Waals surface area contributed by atoms with E-state index in [1.54, 1.807) is 6.92 Å². The number of carbonyl (C=O) groups excluding carboxylic acids is 1. The Bertz CT molecular complexity index is 634. The number of esters is 1. The first-order chi connectivity index (χ1) is 11.5. The predicted molar refractivity (Wildman–Crippen MR) is 86.1 cm³/mol. The topological polar surface area (TPSA) is 112 Å². The van der Waals surface area contributed by atoms with E-state index >= 15 is 0 Å². The molecule has 0 amide bonds. The van der Waals surface area contributed by atoms with Crippen LogP contribution in [-0.2, 0) is 19.5 Å². The monoisotopic (exact) mass is 360 g/mol. The van der Waals surface area contributed by atoms with E-state index in [9.17, 15) is 13.2 Å². The quantitative estimate of drug-likeness (QED) is 0.543. The van der Waals surface area contributed by atoms with Crippen LogP contribution in [-0.4, -0.2) is 57.6 Å². The SMILES string of the molecule is CCOC(=O)c1ccc(S(=O)(=O)N2CCC(OCCCN)CC2)o1. The van der Waals surface area contributed by atoms with Crippen LogP contribution in [0.1, 0.15) is 36.7 Å². The third-order valence-corrected chi connectivity index (χ3v) is 5.53. The molecule has 1 saturated heterocycles. The van der Waals surface area contributed by atoms with Crippen LogP contribution in [0.2, 0.25) is 0 Å². The van der Waals surface area contributed by atoms with Crippen molar-refractivity contribution in [1.82, 2.24) is 4.31 Å². The van der Waals surface area contributed by atoms with Gasteiger partial charge < -0.3 is 19.6 Å². The molecule has 8 nitrogen and oxygen atoms in total. The summed E-state index contributed by atoms with van der Waals surface area (Å²) < 4.78 is 42.1. The van der Waals surface area contributed by atoms with Crippen molar-refractivity contribution in [2.75, 3.05) is 32.8 Å². The van der Waals surface area contributed by atoms with Gasteiger partial charge in [-0.1, -0.05) is 0 Å². The summed E-state index contributed by atoms with van der Waals surface area (Å²) >= 11 is 0. The number of sulfonamides is 1. The van der Waals surface area contributed by atoms with Gasteiger partial charge in [-0.15, -0.1) is 0 Å². The van der Waals surface area contributed by atoms with E-state index in [0.717, 1.165) is 6.42 Å². The fourth-order valence-corrected chi connectivity index (χ4v) is 3.85. The molecular weight excluding hydrogens is 336 g/mol. The van der Waals surface area contributed by atoms with E-state index in [0.29, 0.717) is 39.1 Å². The summed E-state index contributed by atoms with van der Waals surface area (Å²) in [7, 11) is -3.75. The molecule has 9 heteroatoms. The molecule has 136 valence electrons. The number of hydrogen-bond acceptors (Lipinski definition) is 7. The minimum absolute atomic E-state index is 0.0506. The third kappa shape index (κ3) is 4.56. The van der Waals surface area contributed by atoms with Crippen molar-refractivity contribution in [3.05, 3.63) is 17.9 Å². The van der Waals surface area contributed by atoms with Crippen molar-refractivity contribution in [3.63, 3.8) is 0 Å². The van der Waals surface area contributed by atoms with Gasteiger partial charge in [0, 0.05) is 19.7 Å². The van der Waals surface area contributed by atoms with Crippen LogP contribution in [0, 0.1) is 0 Å². The highest BCUT2D eigenvalue weighted by Gasteiger charge is 2.32. The number of furan rings is 1. The molecule has 0 atom stereocenters. The van der Waals surface area contributed by atoms with Gasteiger partial charge >= 0.3 is 5.97 Å². The molecule has 0 unspecified atom stereocenters. The number of rotatable bonds is 8. The Balaban J connectivity index is 1.95. The van der Waals surface area contributed by atoms with Crippen molar-refractivity contribution in [2.24, 2.45) is 5.73 Å². The van der Waals surface area contributed by atoms with Crippen LogP contribution in [0.4, 0.5) is 0 Å². The zero-order valence-corrected chi connectivity index (χ0v) is 14.6. The molecular formula is C15H24N2O6S. The van der Waals surface area contributed by atoms with Crippen molar-refractivity contribution in [3.8, 4) is 0 Å². The molecule has 0 spiro atoms. The summed E-state index contributed by atoms with van der Waals surface area (Å²) in [6, 6.07) is 2.60. The Kier molecular flexibility index (Phi) is 6.79. The second-order valence-electron chi connectivity index (χ2n) is 5.46. The van der Waals surface area contributed by atoms with Gasteiger partial charge in [-0.25, -0.2) is 13.2 Å². The van der Waals surface area contributed by atoms with Crippen LogP contribution in [0.5, 0.6) is 0 Å². The lowest BCUT2D eigenvalue weighted by molar-refractivity contribution is 0.0207. The van der Waals surface area contributed by atoms with Gasteiger partial charge in [-0.3, -0.25) is 0 Å². The Hall–Kier alpha value is -1.42. The standard InChI is InChI=1S/C15H24N2O6S/c1-2-21-15(18)13-4-5-14(23-13)24(19,20)17-9-6-12(7-10-17)22-11-3-8-16/h4-5,12H,2-3,6-11,16H2,1H3. The van der Waals surface area contributed by atoms with Gasteiger partial charge in [-0.05, 0) is 44.9 Å². The second-order valence-corrected chi connectivity index (χ2v) is 7.32. The van der Waals surface area contributed by atoms with E-state index in [-0.39, 0.29) is 23.6 Å². The van der Waals surface area contributed by atoms with E-state index in [1.165, 1.54) is 16.4 Å². The molecule has 0 bridgehead atoms. The molecule has 1 aromatic rings. The average Bonchev–Trinajstić information content (AvgIpc) is 3.07. The highest BCUT2D eigenvalue weighted by atomic mass is 32.2. The van der Waals surface area contributed by atoms with Crippen molar-refractivity contribution in [2.45, 2.75) is 37.4 Å². The van der Waals surface area contributed by atoms with Gasteiger partial charge in [0.05, 0.1) is 12.7 Å². The van der Waals surface area contributed by atoms with Crippen LogP contribution in [0.15, 0.2) is 21.6 Å².